The highest BCUT2D eigenvalue weighted by Gasteiger charge is 2.22. The maximum absolute atomic E-state index is 14.1. The number of hydrogen-bond donors (Lipinski definition) is 0. The van der Waals surface area contributed by atoms with Crippen LogP contribution in [0, 0.1) is 24.4 Å². The molecule has 0 bridgehead atoms. The quantitative estimate of drug-likeness (QED) is 0.580. The van der Waals surface area contributed by atoms with E-state index in [0.717, 1.165) is 0 Å². The molecule has 0 aliphatic rings. The van der Waals surface area contributed by atoms with Crippen molar-refractivity contribution >= 4 is 23.2 Å². The lowest BCUT2D eigenvalue weighted by Crippen LogP contribution is -2.02. The fourth-order valence-electron chi connectivity index (χ4n) is 2.35. The maximum Gasteiger partial charge on any atom is 0.160 e. The third kappa shape index (κ3) is 2.95. The molecular formula is C16H8Cl2F3N3. The summed E-state index contributed by atoms with van der Waals surface area (Å²) in [5, 5.41) is 7.68. The van der Waals surface area contributed by atoms with Crippen LogP contribution in [0.2, 0.25) is 10.3 Å². The van der Waals surface area contributed by atoms with Crippen LogP contribution in [0.25, 0.3) is 22.5 Å². The summed E-state index contributed by atoms with van der Waals surface area (Å²) < 4.78 is 41.4. The predicted octanol–water partition coefficient (Wildman–Crippen LogP) is 5.24. The Morgan fingerprint density at radius 1 is 0.917 bits per heavy atom. The summed E-state index contributed by atoms with van der Waals surface area (Å²) in [5.41, 5.74) is 0.484. The Kier molecular flexibility index (Phi) is 4.43. The molecule has 0 N–H and O–H groups in total. The van der Waals surface area contributed by atoms with Crippen LogP contribution in [0.5, 0.6) is 0 Å². The number of aromatic nitrogens is 3. The summed E-state index contributed by atoms with van der Waals surface area (Å²) in [6.45, 7) is 1.57. The fraction of sp³-hybridized carbons (Fsp3) is 0.0625. The molecule has 0 saturated heterocycles. The summed E-state index contributed by atoms with van der Waals surface area (Å²) in [6.07, 6.45) is 0. The molecule has 0 amide bonds. The summed E-state index contributed by atoms with van der Waals surface area (Å²) in [4.78, 5) is 4.10. The van der Waals surface area contributed by atoms with Crippen LogP contribution in [0.3, 0.4) is 0 Å². The van der Waals surface area contributed by atoms with Crippen molar-refractivity contribution < 1.29 is 13.2 Å². The zero-order valence-corrected chi connectivity index (χ0v) is 13.6. The van der Waals surface area contributed by atoms with Gasteiger partial charge in [-0.3, -0.25) is 0 Å². The molecule has 0 radical (unpaired) electrons. The second kappa shape index (κ2) is 6.37. The van der Waals surface area contributed by atoms with Gasteiger partial charge in [0, 0.05) is 17.7 Å². The molecule has 0 aliphatic carbocycles. The van der Waals surface area contributed by atoms with E-state index in [1.165, 1.54) is 0 Å². The Bertz CT molecular complexity index is 925. The number of hydrogen-bond acceptors (Lipinski definition) is 3. The van der Waals surface area contributed by atoms with E-state index in [0.29, 0.717) is 23.4 Å². The number of pyridine rings is 1. The highest BCUT2D eigenvalue weighted by molar-refractivity contribution is 6.32. The predicted molar refractivity (Wildman–Crippen MR) is 85.3 cm³/mol. The number of rotatable bonds is 2. The first-order chi connectivity index (χ1) is 11.4. The van der Waals surface area contributed by atoms with Crippen LogP contribution in [0.4, 0.5) is 13.2 Å². The minimum Gasteiger partial charge on any atom is -0.234 e. The minimum atomic E-state index is -1.09. The van der Waals surface area contributed by atoms with Gasteiger partial charge in [0.1, 0.15) is 28.3 Å². The Hall–Kier alpha value is -2.18. The van der Waals surface area contributed by atoms with Gasteiger partial charge >= 0.3 is 0 Å². The van der Waals surface area contributed by atoms with Crippen molar-refractivity contribution in [1.29, 1.82) is 0 Å². The second-order valence-corrected chi connectivity index (χ2v) is 5.67. The van der Waals surface area contributed by atoms with E-state index in [1.807, 2.05) is 0 Å². The molecule has 3 rings (SSSR count). The third-order valence-corrected chi connectivity index (χ3v) is 3.86. The number of benzene rings is 1. The maximum atomic E-state index is 14.1. The number of nitrogens with zero attached hydrogens (tertiary/aromatic N) is 3. The molecule has 0 unspecified atom stereocenters. The van der Waals surface area contributed by atoms with Crippen molar-refractivity contribution in [2.45, 2.75) is 6.92 Å². The first-order valence-corrected chi connectivity index (χ1v) is 7.44. The standard InChI is InChI=1S/C16H8Cl2F3N3/c1-7-13(14-9(20)5-8(19)6-10(14)21)16(18)24-23-15(7)11-3-2-4-12(17)22-11/h2-6H,1H3. The zero-order valence-electron chi connectivity index (χ0n) is 12.1. The van der Waals surface area contributed by atoms with E-state index in [-0.39, 0.29) is 21.6 Å². The Labute approximate surface area is 145 Å². The van der Waals surface area contributed by atoms with Crippen molar-refractivity contribution in [2.24, 2.45) is 0 Å². The molecule has 122 valence electrons. The smallest absolute Gasteiger partial charge is 0.160 e. The molecule has 8 heteroatoms. The van der Waals surface area contributed by atoms with Crippen molar-refractivity contribution in [3.05, 3.63) is 63.7 Å². The zero-order chi connectivity index (χ0) is 17.4. The first-order valence-electron chi connectivity index (χ1n) is 6.69. The van der Waals surface area contributed by atoms with Gasteiger partial charge in [-0.2, -0.15) is 0 Å². The van der Waals surface area contributed by atoms with Crippen LogP contribution in [0.1, 0.15) is 5.56 Å². The van der Waals surface area contributed by atoms with Gasteiger partial charge in [-0.15, -0.1) is 10.2 Å². The molecular weight excluding hydrogens is 362 g/mol. The van der Waals surface area contributed by atoms with Crippen molar-refractivity contribution in [2.75, 3.05) is 0 Å². The van der Waals surface area contributed by atoms with Gasteiger partial charge in [-0.1, -0.05) is 29.3 Å². The molecule has 2 heterocycles. The largest absolute Gasteiger partial charge is 0.234 e. The van der Waals surface area contributed by atoms with Crippen LogP contribution in [0.15, 0.2) is 30.3 Å². The summed E-state index contributed by atoms with van der Waals surface area (Å²) >= 11 is 11.8. The Morgan fingerprint density at radius 2 is 1.58 bits per heavy atom. The fourth-order valence-corrected chi connectivity index (χ4v) is 2.79. The number of halogens is 5. The van der Waals surface area contributed by atoms with Gasteiger partial charge < -0.3 is 0 Å². The molecule has 2 aromatic heterocycles. The van der Waals surface area contributed by atoms with Crippen LogP contribution in [-0.2, 0) is 0 Å². The van der Waals surface area contributed by atoms with Crippen molar-refractivity contribution in [1.82, 2.24) is 15.2 Å². The van der Waals surface area contributed by atoms with E-state index in [2.05, 4.69) is 15.2 Å². The lowest BCUT2D eigenvalue weighted by Gasteiger charge is -2.13. The third-order valence-electron chi connectivity index (χ3n) is 3.39. The minimum absolute atomic E-state index is 0.0153. The summed E-state index contributed by atoms with van der Waals surface area (Å²) in [6, 6.07) is 6.00. The van der Waals surface area contributed by atoms with Gasteiger partial charge in [0.15, 0.2) is 5.15 Å². The molecule has 3 nitrogen and oxygen atoms in total. The SMILES string of the molecule is Cc1c(-c2cccc(Cl)n2)nnc(Cl)c1-c1c(F)cc(F)cc1F. The molecule has 24 heavy (non-hydrogen) atoms. The highest BCUT2D eigenvalue weighted by Crippen LogP contribution is 2.37. The Morgan fingerprint density at radius 3 is 2.21 bits per heavy atom. The molecule has 3 aromatic rings. The van der Waals surface area contributed by atoms with Crippen molar-refractivity contribution in [3.63, 3.8) is 0 Å². The van der Waals surface area contributed by atoms with Gasteiger partial charge in [0.25, 0.3) is 0 Å². The molecule has 0 spiro atoms. The van der Waals surface area contributed by atoms with Gasteiger partial charge in [-0.25, -0.2) is 18.2 Å². The van der Waals surface area contributed by atoms with Crippen LogP contribution < -0.4 is 0 Å². The summed E-state index contributed by atoms with van der Waals surface area (Å²) in [7, 11) is 0. The van der Waals surface area contributed by atoms with E-state index in [9.17, 15) is 13.2 Å². The summed E-state index contributed by atoms with van der Waals surface area (Å²) in [5.74, 6) is -3.20. The van der Waals surface area contributed by atoms with Crippen molar-refractivity contribution in [3.8, 4) is 22.5 Å². The molecule has 1 aromatic carbocycles. The van der Waals surface area contributed by atoms with E-state index < -0.39 is 23.0 Å². The van der Waals surface area contributed by atoms with Gasteiger partial charge in [0.05, 0.1) is 11.3 Å². The van der Waals surface area contributed by atoms with E-state index >= 15 is 0 Å². The topological polar surface area (TPSA) is 38.7 Å². The molecule has 0 atom stereocenters. The average Bonchev–Trinajstić information content (AvgIpc) is 2.49. The normalized spacial score (nSPS) is 10.9. The molecule has 0 fully saturated rings. The highest BCUT2D eigenvalue weighted by atomic mass is 35.5. The monoisotopic (exact) mass is 369 g/mol. The van der Waals surface area contributed by atoms with Crippen LogP contribution in [-0.4, -0.2) is 15.2 Å². The lowest BCUT2D eigenvalue weighted by atomic mass is 9.99. The van der Waals surface area contributed by atoms with Gasteiger partial charge in [-0.05, 0) is 24.6 Å². The lowest BCUT2D eigenvalue weighted by molar-refractivity contribution is 0.547. The molecule has 0 saturated carbocycles. The van der Waals surface area contributed by atoms with E-state index in [4.69, 9.17) is 23.2 Å². The second-order valence-electron chi connectivity index (χ2n) is 4.93. The van der Waals surface area contributed by atoms with Crippen LogP contribution >= 0.6 is 23.2 Å². The molecule has 0 aliphatic heterocycles. The van der Waals surface area contributed by atoms with E-state index in [1.54, 1.807) is 25.1 Å². The Balaban J connectivity index is 2.29. The first kappa shape index (κ1) is 16.7. The average molecular weight is 370 g/mol. The van der Waals surface area contributed by atoms with Gasteiger partial charge in [0.2, 0.25) is 0 Å².